The van der Waals surface area contributed by atoms with Gasteiger partial charge in [-0.25, -0.2) is 4.79 Å². The van der Waals surface area contributed by atoms with E-state index in [1.54, 1.807) is 6.07 Å². The van der Waals surface area contributed by atoms with Crippen molar-refractivity contribution in [3.63, 3.8) is 0 Å². The molecule has 3 rings (SSSR count). The molecule has 1 saturated carbocycles. The predicted molar refractivity (Wildman–Crippen MR) is 85.3 cm³/mol. The third kappa shape index (κ3) is 3.04. The Labute approximate surface area is 132 Å². The molecule has 1 heterocycles. The average Bonchev–Trinajstić information content (AvgIpc) is 2.95. The molecule has 0 aliphatic heterocycles. The highest BCUT2D eigenvalue weighted by atomic mass is 32.1. The number of thiophene rings is 1. The van der Waals surface area contributed by atoms with Crippen molar-refractivity contribution in [2.24, 2.45) is 5.92 Å². The molecule has 1 aliphatic rings. The lowest BCUT2D eigenvalue weighted by molar-refractivity contribution is 0.0702. The van der Waals surface area contributed by atoms with Crippen molar-refractivity contribution in [3.8, 4) is 0 Å². The van der Waals surface area contributed by atoms with E-state index in [4.69, 9.17) is 5.11 Å². The van der Waals surface area contributed by atoms with Crippen LogP contribution >= 0.6 is 11.3 Å². The number of amides is 1. The number of hydrogen-bond acceptors (Lipinski definition) is 3. The minimum atomic E-state index is -0.998. The fourth-order valence-corrected chi connectivity index (χ4v) is 3.44. The Morgan fingerprint density at radius 1 is 1.09 bits per heavy atom. The van der Waals surface area contributed by atoms with Gasteiger partial charge < -0.3 is 10.4 Å². The molecule has 114 valence electrons. The zero-order chi connectivity index (χ0) is 15.5. The van der Waals surface area contributed by atoms with E-state index in [0.29, 0.717) is 10.8 Å². The summed E-state index contributed by atoms with van der Waals surface area (Å²) in [5.41, 5.74) is 1.11. The summed E-state index contributed by atoms with van der Waals surface area (Å²) in [4.78, 5) is 24.0. The van der Waals surface area contributed by atoms with Gasteiger partial charge in [0.1, 0.15) is 4.88 Å². The number of aromatic carboxylic acids is 1. The molecule has 1 amide bonds. The summed E-state index contributed by atoms with van der Waals surface area (Å²) < 4.78 is 0. The largest absolute Gasteiger partial charge is 0.477 e. The van der Waals surface area contributed by atoms with Crippen LogP contribution in [0.25, 0.3) is 0 Å². The van der Waals surface area contributed by atoms with Crippen LogP contribution in [0.4, 0.5) is 0 Å². The van der Waals surface area contributed by atoms with Crippen LogP contribution in [-0.2, 0) is 0 Å². The van der Waals surface area contributed by atoms with Gasteiger partial charge in [0.2, 0.25) is 0 Å². The number of nitrogens with one attached hydrogen (secondary N) is 1. The Morgan fingerprint density at radius 3 is 2.32 bits per heavy atom. The Balaban J connectivity index is 1.77. The second-order valence-electron chi connectivity index (χ2n) is 5.52. The van der Waals surface area contributed by atoms with Gasteiger partial charge in [-0.3, -0.25) is 4.79 Å². The molecule has 1 atom stereocenters. The number of benzene rings is 1. The number of hydrogen-bond donors (Lipinski definition) is 2. The van der Waals surface area contributed by atoms with Crippen LogP contribution in [0.2, 0.25) is 0 Å². The molecule has 22 heavy (non-hydrogen) atoms. The van der Waals surface area contributed by atoms with Crippen LogP contribution in [0, 0.1) is 5.92 Å². The van der Waals surface area contributed by atoms with E-state index in [1.807, 2.05) is 30.3 Å². The summed E-state index contributed by atoms with van der Waals surface area (Å²) in [5, 5.41) is 12.0. The first-order valence-corrected chi connectivity index (χ1v) is 8.16. The third-order valence-corrected chi connectivity index (χ3v) is 5.18. The van der Waals surface area contributed by atoms with Gasteiger partial charge in [-0.1, -0.05) is 36.8 Å². The first kappa shape index (κ1) is 14.8. The number of carbonyl (C=O) groups is 2. The molecule has 0 radical (unpaired) electrons. The number of carbonyl (C=O) groups excluding carboxylic acids is 1. The van der Waals surface area contributed by atoms with Gasteiger partial charge >= 0.3 is 5.97 Å². The van der Waals surface area contributed by atoms with E-state index in [0.717, 1.165) is 29.7 Å². The summed E-state index contributed by atoms with van der Waals surface area (Å²) in [5.74, 6) is -0.730. The average molecular weight is 315 g/mol. The summed E-state index contributed by atoms with van der Waals surface area (Å²) in [6.45, 7) is 0. The van der Waals surface area contributed by atoms with Gasteiger partial charge in [0.15, 0.2) is 0 Å². The maximum Gasteiger partial charge on any atom is 0.345 e. The molecule has 1 aromatic carbocycles. The lowest BCUT2D eigenvalue weighted by atomic mass is 9.77. The van der Waals surface area contributed by atoms with Crippen molar-refractivity contribution in [3.05, 3.63) is 57.8 Å². The summed E-state index contributed by atoms with van der Waals surface area (Å²) >= 11 is 1.01. The molecule has 1 aliphatic carbocycles. The van der Waals surface area contributed by atoms with E-state index in [1.165, 1.54) is 12.5 Å². The minimum Gasteiger partial charge on any atom is -0.477 e. The molecule has 0 spiro atoms. The molecule has 1 aromatic heterocycles. The predicted octanol–water partition coefficient (Wildman–Crippen LogP) is 3.72. The zero-order valence-corrected chi connectivity index (χ0v) is 12.8. The van der Waals surface area contributed by atoms with Gasteiger partial charge in [-0.15, -0.1) is 11.3 Å². The first-order chi connectivity index (χ1) is 10.6. The second kappa shape index (κ2) is 6.32. The summed E-state index contributed by atoms with van der Waals surface area (Å²) in [6, 6.07) is 13.0. The minimum absolute atomic E-state index is 0.00201. The third-order valence-electron chi connectivity index (χ3n) is 4.11. The van der Waals surface area contributed by atoms with Crippen LogP contribution in [0.15, 0.2) is 42.5 Å². The van der Waals surface area contributed by atoms with Crippen molar-refractivity contribution in [1.82, 2.24) is 5.32 Å². The molecule has 5 heteroatoms. The van der Waals surface area contributed by atoms with Crippen molar-refractivity contribution in [2.75, 3.05) is 0 Å². The monoisotopic (exact) mass is 315 g/mol. The lowest BCUT2D eigenvalue weighted by Crippen LogP contribution is -2.35. The molecule has 2 N–H and O–H groups in total. The highest BCUT2D eigenvalue weighted by Crippen LogP contribution is 2.38. The molecule has 0 saturated heterocycles. The van der Waals surface area contributed by atoms with Crippen LogP contribution in [0.1, 0.15) is 50.2 Å². The van der Waals surface area contributed by atoms with Gasteiger partial charge in [0.05, 0.1) is 10.9 Å². The van der Waals surface area contributed by atoms with Crippen molar-refractivity contribution >= 4 is 23.2 Å². The highest BCUT2D eigenvalue weighted by molar-refractivity contribution is 7.15. The normalized spacial score (nSPS) is 15.8. The maximum absolute atomic E-state index is 12.4. The van der Waals surface area contributed by atoms with Crippen LogP contribution in [-0.4, -0.2) is 17.0 Å². The fourth-order valence-electron chi connectivity index (χ4n) is 2.69. The van der Waals surface area contributed by atoms with Crippen molar-refractivity contribution in [2.45, 2.75) is 25.3 Å². The van der Waals surface area contributed by atoms with Gasteiger partial charge in [0, 0.05) is 0 Å². The summed E-state index contributed by atoms with van der Waals surface area (Å²) in [7, 11) is 0. The topological polar surface area (TPSA) is 66.4 Å². The molecule has 2 aromatic rings. The van der Waals surface area contributed by atoms with E-state index >= 15 is 0 Å². The SMILES string of the molecule is O=C(O)c1ccc(C(=O)NC(c2ccccc2)C2CCC2)s1. The van der Waals surface area contributed by atoms with Crippen LogP contribution in [0.5, 0.6) is 0 Å². The quantitative estimate of drug-likeness (QED) is 0.883. The second-order valence-corrected chi connectivity index (χ2v) is 6.61. The Bertz CT molecular complexity index is 676. The van der Waals surface area contributed by atoms with Gasteiger partial charge in [-0.2, -0.15) is 0 Å². The number of carboxylic acids is 1. The number of rotatable bonds is 5. The van der Waals surface area contributed by atoms with Gasteiger partial charge in [0.25, 0.3) is 5.91 Å². The van der Waals surface area contributed by atoms with E-state index in [9.17, 15) is 9.59 Å². The van der Waals surface area contributed by atoms with Crippen molar-refractivity contribution in [1.29, 1.82) is 0 Å². The number of carboxylic acid groups (broad SMARTS) is 1. The molecule has 1 unspecified atom stereocenters. The molecule has 0 bridgehead atoms. The molecule has 1 fully saturated rings. The first-order valence-electron chi connectivity index (χ1n) is 7.34. The van der Waals surface area contributed by atoms with E-state index < -0.39 is 5.97 Å². The zero-order valence-electron chi connectivity index (χ0n) is 12.0. The Kier molecular flexibility index (Phi) is 4.24. The van der Waals surface area contributed by atoms with Gasteiger partial charge in [-0.05, 0) is 36.5 Å². The van der Waals surface area contributed by atoms with E-state index in [2.05, 4.69) is 5.32 Å². The van der Waals surface area contributed by atoms with Crippen LogP contribution in [0.3, 0.4) is 0 Å². The smallest absolute Gasteiger partial charge is 0.345 e. The fraction of sp³-hybridized carbons (Fsp3) is 0.294. The highest BCUT2D eigenvalue weighted by Gasteiger charge is 2.30. The Hall–Kier alpha value is -2.14. The Morgan fingerprint density at radius 2 is 1.77 bits per heavy atom. The molecular formula is C17H17NO3S. The summed E-state index contributed by atoms with van der Waals surface area (Å²) in [6.07, 6.45) is 3.43. The van der Waals surface area contributed by atoms with E-state index in [-0.39, 0.29) is 16.8 Å². The molecular weight excluding hydrogens is 298 g/mol. The van der Waals surface area contributed by atoms with Crippen LogP contribution < -0.4 is 5.32 Å². The lowest BCUT2D eigenvalue weighted by Gasteiger charge is -2.34. The maximum atomic E-state index is 12.4. The standard InChI is InChI=1S/C17H17NO3S/c19-16(13-9-10-14(22-13)17(20)21)18-15(12-7-4-8-12)11-5-2-1-3-6-11/h1-3,5-6,9-10,12,15H,4,7-8H2,(H,18,19)(H,20,21). The molecule has 4 nitrogen and oxygen atoms in total. The van der Waals surface area contributed by atoms with Crippen molar-refractivity contribution < 1.29 is 14.7 Å².